The highest BCUT2D eigenvalue weighted by Crippen LogP contribution is 2.38. The fraction of sp³-hybridized carbons (Fsp3) is 0.812. The summed E-state index contributed by atoms with van der Waals surface area (Å²) in [5.41, 5.74) is 5.88. The molecule has 0 spiro atoms. The van der Waals surface area contributed by atoms with Crippen LogP contribution in [0, 0.1) is 0 Å². The minimum Gasteiger partial charge on any atom is -0.339 e. The van der Waals surface area contributed by atoms with Crippen molar-refractivity contribution in [1.29, 1.82) is 0 Å². The number of nitrogens with zero attached hydrogens (tertiary/aromatic N) is 4. The van der Waals surface area contributed by atoms with E-state index in [1.807, 2.05) is 23.6 Å². The SMILES string of the molecule is CCN(CC)C(=O)N1CCC(c2nc(C3(N)CCC3)no2)CC1.Cl. The van der Waals surface area contributed by atoms with Gasteiger partial charge in [-0.05, 0) is 46.0 Å². The van der Waals surface area contributed by atoms with E-state index in [4.69, 9.17) is 10.3 Å². The third-order valence-electron chi connectivity index (χ3n) is 5.28. The van der Waals surface area contributed by atoms with Crippen LogP contribution in [0.2, 0.25) is 0 Å². The average molecular weight is 358 g/mol. The lowest BCUT2D eigenvalue weighted by atomic mass is 9.77. The lowest BCUT2D eigenvalue weighted by molar-refractivity contribution is 0.140. The van der Waals surface area contributed by atoms with Gasteiger partial charge in [-0.3, -0.25) is 0 Å². The number of urea groups is 1. The van der Waals surface area contributed by atoms with E-state index in [2.05, 4.69) is 10.1 Å². The summed E-state index contributed by atoms with van der Waals surface area (Å²) in [5, 5.41) is 4.09. The predicted molar refractivity (Wildman–Crippen MR) is 93.1 cm³/mol. The first kappa shape index (κ1) is 19.0. The summed E-state index contributed by atoms with van der Waals surface area (Å²) in [6, 6.07) is 0.134. The molecule has 2 amide bonds. The van der Waals surface area contributed by atoms with Crippen LogP contribution in [-0.2, 0) is 5.54 Å². The number of piperidine rings is 1. The van der Waals surface area contributed by atoms with Gasteiger partial charge in [-0.15, -0.1) is 12.4 Å². The molecule has 0 unspecified atom stereocenters. The van der Waals surface area contributed by atoms with Crippen LogP contribution >= 0.6 is 12.4 Å². The summed E-state index contributed by atoms with van der Waals surface area (Å²) < 4.78 is 5.46. The third-order valence-corrected chi connectivity index (χ3v) is 5.28. The zero-order chi connectivity index (χ0) is 16.4. The van der Waals surface area contributed by atoms with Crippen LogP contribution in [0.5, 0.6) is 0 Å². The van der Waals surface area contributed by atoms with Gasteiger partial charge >= 0.3 is 6.03 Å². The van der Waals surface area contributed by atoms with Crippen molar-refractivity contribution >= 4 is 18.4 Å². The summed E-state index contributed by atoms with van der Waals surface area (Å²) in [4.78, 5) is 20.7. The number of amides is 2. The molecule has 136 valence electrons. The number of hydrogen-bond acceptors (Lipinski definition) is 5. The van der Waals surface area contributed by atoms with Crippen LogP contribution in [0.25, 0.3) is 0 Å². The summed E-state index contributed by atoms with van der Waals surface area (Å²) >= 11 is 0. The molecule has 7 nitrogen and oxygen atoms in total. The second-order valence-electron chi connectivity index (χ2n) is 6.68. The third kappa shape index (κ3) is 3.52. The molecule has 1 saturated carbocycles. The molecule has 24 heavy (non-hydrogen) atoms. The number of hydrogen-bond donors (Lipinski definition) is 1. The normalized spacial score (nSPS) is 20.2. The topological polar surface area (TPSA) is 88.5 Å². The maximum Gasteiger partial charge on any atom is 0.319 e. The summed E-state index contributed by atoms with van der Waals surface area (Å²) in [6.07, 6.45) is 4.73. The number of likely N-dealkylation sites (tertiary alicyclic amines) is 1. The zero-order valence-corrected chi connectivity index (χ0v) is 15.3. The van der Waals surface area contributed by atoms with Crippen LogP contribution in [0.1, 0.15) is 63.6 Å². The molecule has 1 aromatic rings. The molecule has 8 heteroatoms. The monoisotopic (exact) mass is 357 g/mol. The van der Waals surface area contributed by atoms with E-state index in [9.17, 15) is 4.79 Å². The Morgan fingerprint density at radius 1 is 1.33 bits per heavy atom. The Morgan fingerprint density at radius 2 is 1.96 bits per heavy atom. The van der Waals surface area contributed by atoms with Crippen molar-refractivity contribution in [3.8, 4) is 0 Å². The number of carbonyl (C=O) groups is 1. The number of carbonyl (C=O) groups excluding carboxylic acids is 1. The Labute approximate surface area is 149 Å². The van der Waals surface area contributed by atoms with Crippen molar-refractivity contribution < 1.29 is 9.32 Å². The molecule has 3 rings (SSSR count). The van der Waals surface area contributed by atoms with Gasteiger partial charge in [0.05, 0.1) is 5.54 Å². The molecule has 2 aliphatic rings. The summed E-state index contributed by atoms with van der Waals surface area (Å²) in [5.74, 6) is 1.58. The highest BCUT2D eigenvalue weighted by Gasteiger charge is 2.40. The summed E-state index contributed by atoms with van der Waals surface area (Å²) in [6.45, 7) is 7.01. The van der Waals surface area contributed by atoms with Gasteiger partial charge in [0.2, 0.25) is 5.89 Å². The first-order chi connectivity index (χ1) is 11.1. The van der Waals surface area contributed by atoms with Crippen LogP contribution in [0.15, 0.2) is 4.52 Å². The molecule has 2 heterocycles. The van der Waals surface area contributed by atoms with Gasteiger partial charge in [0.1, 0.15) is 0 Å². The highest BCUT2D eigenvalue weighted by molar-refractivity contribution is 5.85. The maximum atomic E-state index is 12.4. The number of rotatable bonds is 4. The van der Waals surface area contributed by atoms with E-state index in [0.29, 0.717) is 11.7 Å². The largest absolute Gasteiger partial charge is 0.339 e. The van der Waals surface area contributed by atoms with Crippen LogP contribution in [-0.4, -0.2) is 52.2 Å². The first-order valence-corrected chi connectivity index (χ1v) is 8.74. The van der Waals surface area contributed by atoms with E-state index in [1.54, 1.807) is 0 Å². The second kappa shape index (κ2) is 7.70. The van der Waals surface area contributed by atoms with Gasteiger partial charge < -0.3 is 20.1 Å². The highest BCUT2D eigenvalue weighted by atomic mass is 35.5. The molecule has 0 radical (unpaired) electrons. The Morgan fingerprint density at radius 3 is 2.46 bits per heavy atom. The standard InChI is InChI=1S/C16H27N5O2.ClH/c1-3-20(4-2)15(22)21-10-6-12(7-11-21)13-18-14(19-23-13)16(17)8-5-9-16;/h12H,3-11,17H2,1-2H3;1H. The lowest BCUT2D eigenvalue weighted by Gasteiger charge is -2.35. The Hall–Kier alpha value is -1.34. The zero-order valence-electron chi connectivity index (χ0n) is 14.5. The van der Waals surface area contributed by atoms with E-state index < -0.39 is 0 Å². The van der Waals surface area contributed by atoms with Gasteiger partial charge in [0.15, 0.2) is 5.82 Å². The van der Waals surface area contributed by atoms with Gasteiger partial charge in [-0.2, -0.15) is 4.98 Å². The van der Waals surface area contributed by atoms with E-state index in [0.717, 1.165) is 58.3 Å². The lowest BCUT2D eigenvalue weighted by Crippen LogP contribution is -2.46. The Bertz CT molecular complexity index is 548. The molecular formula is C16H28ClN5O2. The molecule has 1 aliphatic carbocycles. The smallest absolute Gasteiger partial charge is 0.319 e. The summed E-state index contributed by atoms with van der Waals surface area (Å²) in [7, 11) is 0. The van der Waals surface area contributed by atoms with Gasteiger partial charge in [-0.25, -0.2) is 4.79 Å². The van der Waals surface area contributed by atoms with Crippen molar-refractivity contribution in [2.45, 2.75) is 57.4 Å². The van der Waals surface area contributed by atoms with E-state index >= 15 is 0 Å². The molecule has 1 aliphatic heterocycles. The number of halogens is 1. The molecule has 1 aromatic heterocycles. The molecule has 0 atom stereocenters. The van der Waals surface area contributed by atoms with Crippen LogP contribution < -0.4 is 5.73 Å². The number of aromatic nitrogens is 2. The molecule has 2 N–H and O–H groups in total. The van der Waals surface area contributed by atoms with E-state index in [1.165, 1.54) is 0 Å². The minimum atomic E-state index is -0.374. The maximum absolute atomic E-state index is 12.4. The van der Waals surface area contributed by atoms with Crippen LogP contribution in [0.3, 0.4) is 0 Å². The fourth-order valence-electron chi connectivity index (χ4n) is 3.40. The molecule has 2 fully saturated rings. The van der Waals surface area contributed by atoms with Crippen LogP contribution in [0.4, 0.5) is 4.79 Å². The van der Waals surface area contributed by atoms with Gasteiger partial charge in [0.25, 0.3) is 0 Å². The van der Waals surface area contributed by atoms with Crippen molar-refractivity contribution in [1.82, 2.24) is 19.9 Å². The molecular weight excluding hydrogens is 330 g/mol. The predicted octanol–water partition coefficient (Wildman–Crippen LogP) is 2.47. The van der Waals surface area contributed by atoms with E-state index in [-0.39, 0.29) is 29.9 Å². The number of nitrogens with two attached hydrogens (primary N) is 1. The van der Waals surface area contributed by atoms with Crippen molar-refractivity contribution in [2.75, 3.05) is 26.2 Å². The Kier molecular flexibility index (Phi) is 6.09. The second-order valence-corrected chi connectivity index (χ2v) is 6.68. The van der Waals surface area contributed by atoms with Gasteiger partial charge in [0, 0.05) is 32.1 Å². The fourth-order valence-corrected chi connectivity index (χ4v) is 3.40. The van der Waals surface area contributed by atoms with Crippen molar-refractivity contribution in [3.63, 3.8) is 0 Å². The molecule has 0 bridgehead atoms. The molecule has 1 saturated heterocycles. The minimum absolute atomic E-state index is 0. The quantitative estimate of drug-likeness (QED) is 0.894. The average Bonchev–Trinajstić information content (AvgIpc) is 3.04. The Balaban J connectivity index is 0.00000208. The van der Waals surface area contributed by atoms with Crippen molar-refractivity contribution in [2.24, 2.45) is 5.73 Å². The van der Waals surface area contributed by atoms with Gasteiger partial charge in [-0.1, -0.05) is 5.16 Å². The first-order valence-electron chi connectivity index (χ1n) is 8.74. The van der Waals surface area contributed by atoms with Crippen molar-refractivity contribution in [3.05, 3.63) is 11.7 Å². The molecule has 0 aromatic carbocycles.